The van der Waals surface area contributed by atoms with Gasteiger partial charge in [-0.3, -0.25) is 19.3 Å². The molecular weight excluding hydrogens is 422 g/mol. The molecule has 0 N–H and O–H groups in total. The molecule has 2 atom stereocenters. The first-order valence-electron chi connectivity index (χ1n) is 10.5. The first kappa shape index (κ1) is 22.0. The van der Waals surface area contributed by atoms with Crippen LogP contribution >= 0.6 is 11.3 Å². The van der Waals surface area contributed by atoms with Crippen molar-refractivity contribution in [3.63, 3.8) is 0 Å². The second-order valence-electron chi connectivity index (χ2n) is 8.25. The molecule has 0 saturated carbocycles. The van der Waals surface area contributed by atoms with Gasteiger partial charge in [0.2, 0.25) is 5.78 Å². The number of anilines is 1. The number of methoxy groups -OCH3 is 1. The van der Waals surface area contributed by atoms with E-state index in [-0.39, 0.29) is 11.7 Å². The third-order valence-electron chi connectivity index (χ3n) is 5.85. The number of thiophene rings is 1. The Kier molecular flexibility index (Phi) is 5.98. The maximum Gasteiger partial charge on any atom is 0.295 e. The summed E-state index contributed by atoms with van der Waals surface area (Å²) in [4.78, 5) is 42.0. The molecule has 1 fully saturated rings. The van der Waals surface area contributed by atoms with E-state index in [1.54, 1.807) is 38.4 Å². The molecule has 1 aliphatic rings. The minimum atomic E-state index is -1.07. The Hall–Kier alpha value is -3.25. The van der Waals surface area contributed by atoms with Crippen LogP contribution in [0.1, 0.15) is 30.3 Å². The average molecular weight is 448 g/mol. The lowest BCUT2D eigenvalue weighted by Crippen LogP contribution is -2.32. The van der Waals surface area contributed by atoms with Crippen molar-refractivity contribution < 1.29 is 19.1 Å². The van der Waals surface area contributed by atoms with Gasteiger partial charge in [0.05, 0.1) is 13.2 Å². The molecule has 4 rings (SSSR count). The summed E-state index contributed by atoms with van der Waals surface area (Å²) in [5.41, 5.74) is 3.36. The van der Waals surface area contributed by atoms with E-state index in [1.165, 1.54) is 9.78 Å². The van der Waals surface area contributed by atoms with Gasteiger partial charge in [-0.15, -0.1) is 11.3 Å². The number of carbonyl (C=O) groups is 3. The Bertz CT molecular complexity index is 1180. The maximum absolute atomic E-state index is 13.2. The molecule has 0 bridgehead atoms. The molecule has 5 nitrogen and oxygen atoms in total. The summed E-state index contributed by atoms with van der Waals surface area (Å²) in [6, 6.07) is 16.1. The molecule has 32 heavy (non-hydrogen) atoms. The van der Waals surface area contributed by atoms with Crippen LogP contribution in [0, 0.1) is 18.8 Å². The standard InChI is InChI=1S/C26H25NO4S/c1-15(2)24(28)22-23(20-7-5-6-8-21(20)31-4)27(26(30)25(22)29)19-11-9-17(10-12-19)18-13-16(3)32-14-18/h5-15,22-23H,1-4H3. The van der Waals surface area contributed by atoms with E-state index >= 15 is 0 Å². The predicted octanol–water partition coefficient (Wildman–Crippen LogP) is 5.23. The number of ketones is 2. The fourth-order valence-electron chi connectivity index (χ4n) is 4.23. The van der Waals surface area contributed by atoms with Gasteiger partial charge < -0.3 is 4.74 Å². The predicted molar refractivity (Wildman–Crippen MR) is 126 cm³/mol. The number of nitrogens with zero attached hydrogens (tertiary/aromatic N) is 1. The fourth-order valence-corrected chi connectivity index (χ4v) is 4.94. The van der Waals surface area contributed by atoms with Gasteiger partial charge in [0.25, 0.3) is 5.91 Å². The highest BCUT2D eigenvalue weighted by Crippen LogP contribution is 2.44. The number of carbonyl (C=O) groups excluding carboxylic acids is 3. The molecule has 164 valence electrons. The van der Waals surface area contributed by atoms with Gasteiger partial charge in [0.1, 0.15) is 17.5 Å². The quantitative estimate of drug-likeness (QED) is 0.383. The third-order valence-corrected chi connectivity index (χ3v) is 6.71. The maximum atomic E-state index is 13.2. The number of para-hydroxylation sites is 1. The molecule has 2 heterocycles. The third kappa shape index (κ3) is 3.75. The van der Waals surface area contributed by atoms with Crippen LogP contribution in [0.15, 0.2) is 60.0 Å². The summed E-state index contributed by atoms with van der Waals surface area (Å²) in [7, 11) is 1.54. The highest BCUT2D eigenvalue weighted by atomic mass is 32.1. The Morgan fingerprint density at radius 2 is 1.72 bits per heavy atom. The van der Waals surface area contributed by atoms with Crippen molar-refractivity contribution in [3.8, 4) is 16.9 Å². The number of rotatable bonds is 6. The van der Waals surface area contributed by atoms with E-state index in [9.17, 15) is 14.4 Å². The van der Waals surface area contributed by atoms with Crippen LogP contribution in [-0.4, -0.2) is 24.6 Å². The Morgan fingerprint density at radius 1 is 1.03 bits per heavy atom. The number of hydrogen-bond donors (Lipinski definition) is 0. The molecule has 0 radical (unpaired) electrons. The number of amides is 1. The second kappa shape index (κ2) is 8.71. The first-order chi connectivity index (χ1) is 15.3. The summed E-state index contributed by atoms with van der Waals surface area (Å²) in [5, 5.41) is 2.09. The summed E-state index contributed by atoms with van der Waals surface area (Å²) >= 11 is 1.68. The highest BCUT2D eigenvalue weighted by Gasteiger charge is 2.53. The molecule has 3 aromatic rings. The number of benzene rings is 2. The Balaban J connectivity index is 1.82. The molecule has 1 aliphatic heterocycles. The van der Waals surface area contributed by atoms with E-state index in [4.69, 9.17) is 4.74 Å². The van der Waals surface area contributed by atoms with E-state index in [0.717, 1.165) is 11.1 Å². The van der Waals surface area contributed by atoms with Crippen molar-refractivity contribution in [2.45, 2.75) is 26.8 Å². The Labute approximate surface area is 191 Å². The van der Waals surface area contributed by atoms with E-state index in [1.807, 2.05) is 42.5 Å². The normalized spacial score (nSPS) is 18.5. The van der Waals surface area contributed by atoms with Crippen molar-refractivity contribution in [1.29, 1.82) is 0 Å². The number of aryl methyl sites for hydroxylation is 1. The zero-order valence-electron chi connectivity index (χ0n) is 18.5. The summed E-state index contributed by atoms with van der Waals surface area (Å²) in [6.45, 7) is 5.56. The van der Waals surface area contributed by atoms with Gasteiger partial charge in [-0.2, -0.15) is 0 Å². The molecule has 1 aromatic heterocycles. The summed E-state index contributed by atoms with van der Waals surface area (Å²) < 4.78 is 5.52. The van der Waals surface area contributed by atoms with Crippen molar-refractivity contribution in [2.24, 2.45) is 11.8 Å². The van der Waals surface area contributed by atoms with E-state index < -0.39 is 23.7 Å². The van der Waals surface area contributed by atoms with Crippen LogP contribution in [0.3, 0.4) is 0 Å². The second-order valence-corrected chi connectivity index (χ2v) is 9.37. The van der Waals surface area contributed by atoms with Crippen LogP contribution in [0.25, 0.3) is 11.1 Å². The lowest BCUT2D eigenvalue weighted by Gasteiger charge is -2.29. The Morgan fingerprint density at radius 3 is 2.31 bits per heavy atom. The molecule has 1 saturated heterocycles. The molecule has 6 heteroatoms. The minimum Gasteiger partial charge on any atom is -0.496 e. The van der Waals surface area contributed by atoms with Crippen LogP contribution in [0.5, 0.6) is 5.75 Å². The number of Topliss-reactive ketones (excluding diaryl/α,β-unsaturated/α-hetero) is 2. The van der Waals surface area contributed by atoms with Crippen molar-refractivity contribution >= 4 is 34.5 Å². The number of hydrogen-bond acceptors (Lipinski definition) is 5. The summed E-state index contributed by atoms with van der Waals surface area (Å²) in [6.07, 6.45) is 0. The molecule has 2 aromatic carbocycles. The van der Waals surface area contributed by atoms with E-state index in [2.05, 4.69) is 18.4 Å². The first-order valence-corrected chi connectivity index (χ1v) is 11.4. The topological polar surface area (TPSA) is 63.7 Å². The average Bonchev–Trinajstić information content (AvgIpc) is 3.34. The lowest BCUT2D eigenvalue weighted by molar-refractivity contribution is -0.139. The highest BCUT2D eigenvalue weighted by molar-refractivity contribution is 7.10. The van der Waals surface area contributed by atoms with Crippen molar-refractivity contribution in [3.05, 3.63) is 70.4 Å². The SMILES string of the molecule is COc1ccccc1C1C(C(=O)C(C)C)C(=O)C(=O)N1c1ccc(-c2csc(C)c2)cc1. The van der Waals surface area contributed by atoms with E-state index in [0.29, 0.717) is 17.0 Å². The van der Waals surface area contributed by atoms with Gasteiger partial charge >= 0.3 is 0 Å². The zero-order valence-corrected chi connectivity index (χ0v) is 19.3. The monoisotopic (exact) mass is 447 g/mol. The molecule has 1 amide bonds. The minimum absolute atomic E-state index is 0.243. The molecule has 2 unspecified atom stereocenters. The van der Waals surface area contributed by atoms with Gasteiger partial charge in [-0.1, -0.05) is 44.2 Å². The molecular formula is C26H25NO4S. The summed E-state index contributed by atoms with van der Waals surface area (Å²) in [5.74, 6) is -2.49. The van der Waals surface area contributed by atoms with Crippen molar-refractivity contribution in [1.82, 2.24) is 0 Å². The van der Waals surface area contributed by atoms with Gasteiger partial charge in [0.15, 0.2) is 0 Å². The molecule has 0 aliphatic carbocycles. The van der Waals surface area contributed by atoms with Crippen LogP contribution in [-0.2, 0) is 14.4 Å². The lowest BCUT2D eigenvalue weighted by atomic mass is 9.84. The van der Waals surface area contributed by atoms with Crippen molar-refractivity contribution in [2.75, 3.05) is 12.0 Å². The van der Waals surface area contributed by atoms with Gasteiger partial charge in [-0.05, 0) is 47.7 Å². The molecule has 0 spiro atoms. The van der Waals surface area contributed by atoms with Crippen LogP contribution < -0.4 is 9.64 Å². The smallest absolute Gasteiger partial charge is 0.295 e. The van der Waals surface area contributed by atoms with Crippen LogP contribution in [0.4, 0.5) is 5.69 Å². The number of ether oxygens (including phenoxy) is 1. The zero-order chi connectivity index (χ0) is 23.0. The van der Waals surface area contributed by atoms with Gasteiger partial charge in [0, 0.05) is 22.0 Å². The van der Waals surface area contributed by atoms with Crippen LogP contribution in [0.2, 0.25) is 0 Å². The fraction of sp³-hybridized carbons (Fsp3) is 0.269. The van der Waals surface area contributed by atoms with Gasteiger partial charge in [-0.25, -0.2) is 0 Å². The largest absolute Gasteiger partial charge is 0.496 e.